The summed E-state index contributed by atoms with van der Waals surface area (Å²) < 4.78 is 18.9. The standard InChI is InChI=1S/C19H29FN2O2/c1-14-10-21(11-15(2)24-14)12-18(23)13-22-9-3-4-19(22)16-5-7-17(20)8-6-16/h5-8,14-15,18-19,23H,3-4,9-13H2,1-2H3. The van der Waals surface area contributed by atoms with Crippen molar-refractivity contribution in [2.24, 2.45) is 0 Å². The van der Waals surface area contributed by atoms with E-state index in [1.54, 1.807) is 0 Å². The number of β-amino-alcohol motifs (C(OH)–C–C–N with tert-alkyl or cyclic N) is 1. The van der Waals surface area contributed by atoms with Gasteiger partial charge < -0.3 is 9.84 Å². The Kier molecular flexibility index (Phi) is 5.87. The molecular formula is C19H29FN2O2. The van der Waals surface area contributed by atoms with E-state index in [9.17, 15) is 9.50 Å². The minimum atomic E-state index is -0.372. The second-order valence-electron chi connectivity index (χ2n) is 7.33. The second-order valence-corrected chi connectivity index (χ2v) is 7.33. The van der Waals surface area contributed by atoms with E-state index in [2.05, 4.69) is 23.6 Å². The van der Waals surface area contributed by atoms with Crippen LogP contribution >= 0.6 is 0 Å². The molecule has 0 saturated carbocycles. The van der Waals surface area contributed by atoms with Crippen LogP contribution < -0.4 is 0 Å². The summed E-state index contributed by atoms with van der Waals surface area (Å²) in [7, 11) is 0. The number of rotatable bonds is 5. The molecule has 2 saturated heterocycles. The van der Waals surface area contributed by atoms with Crippen LogP contribution in [0.1, 0.15) is 38.3 Å². The first-order valence-corrected chi connectivity index (χ1v) is 9.06. The predicted octanol–water partition coefficient (Wildman–Crippen LogP) is 2.43. The average molecular weight is 336 g/mol. The number of morpholine rings is 1. The van der Waals surface area contributed by atoms with Gasteiger partial charge in [0.25, 0.3) is 0 Å². The largest absolute Gasteiger partial charge is 0.390 e. The van der Waals surface area contributed by atoms with E-state index in [1.807, 2.05) is 12.1 Å². The predicted molar refractivity (Wildman–Crippen MR) is 92.4 cm³/mol. The molecule has 3 rings (SSSR count). The molecule has 1 aromatic rings. The first kappa shape index (κ1) is 17.8. The van der Waals surface area contributed by atoms with Gasteiger partial charge in [0.15, 0.2) is 0 Å². The minimum absolute atomic E-state index is 0.195. The van der Waals surface area contributed by atoms with Crippen molar-refractivity contribution in [3.63, 3.8) is 0 Å². The minimum Gasteiger partial charge on any atom is -0.390 e. The Morgan fingerprint density at radius 2 is 1.83 bits per heavy atom. The van der Waals surface area contributed by atoms with Crippen LogP contribution in [0.15, 0.2) is 24.3 Å². The number of ether oxygens (including phenoxy) is 1. The zero-order valence-electron chi connectivity index (χ0n) is 14.7. The Bertz CT molecular complexity index is 515. The van der Waals surface area contributed by atoms with E-state index in [4.69, 9.17) is 4.74 Å². The van der Waals surface area contributed by atoms with Gasteiger partial charge in [0.2, 0.25) is 0 Å². The van der Waals surface area contributed by atoms with Gasteiger partial charge in [0.1, 0.15) is 5.82 Å². The fourth-order valence-electron chi connectivity index (χ4n) is 4.17. The molecule has 4 unspecified atom stereocenters. The highest BCUT2D eigenvalue weighted by Gasteiger charge is 2.29. The van der Waals surface area contributed by atoms with E-state index in [0.717, 1.165) is 38.0 Å². The molecule has 0 bridgehead atoms. The van der Waals surface area contributed by atoms with Crippen LogP contribution in [0.2, 0.25) is 0 Å². The monoisotopic (exact) mass is 336 g/mol. The molecular weight excluding hydrogens is 307 g/mol. The second kappa shape index (κ2) is 7.91. The normalized spacial score (nSPS) is 30.6. The van der Waals surface area contributed by atoms with E-state index in [0.29, 0.717) is 19.1 Å². The van der Waals surface area contributed by atoms with Crippen LogP contribution in [0.25, 0.3) is 0 Å². The number of hydrogen-bond donors (Lipinski definition) is 1. The number of hydrogen-bond acceptors (Lipinski definition) is 4. The molecule has 4 nitrogen and oxygen atoms in total. The Balaban J connectivity index is 1.55. The number of likely N-dealkylation sites (tertiary alicyclic amines) is 1. The molecule has 2 aliphatic heterocycles. The number of halogens is 1. The number of nitrogens with zero attached hydrogens (tertiary/aromatic N) is 2. The molecule has 5 heteroatoms. The zero-order chi connectivity index (χ0) is 17.1. The summed E-state index contributed by atoms with van der Waals surface area (Å²) in [5.74, 6) is -0.195. The molecule has 0 aromatic heterocycles. The molecule has 0 aliphatic carbocycles. The summed E-state index contributed by atoms with van der Waals surface area (Å²) in [6, 6.07) is 7.09. The van der Waals surface area contributed by atoms with Gasteiger partial charge in [-0.15, -0.1) is 0 Å². The topological polar surface area (TPSA) is 35.9 Å². The van der Waals surface area contributed by atoms with Gasteiger partial charge in [-0.25, -0.2) is 4.39 Å². The molecule has 0 radical (unpaired) electrons. The first-order valence-electron chi connectivity index (χ1n) is 9.06. The fraction of sp³-hybridized carbons (Fsp3) is 0.684. The molecule has 24 heavy (non-hydrogen) atoms. The van der Waals surface area contributed by atoms with Gasteiger partial charge >= 0.3 is 0 Å². The summed E-state index contributed by atoms with van der Waals surface area (Å²) in [6.07, 6.45) is 2.27. The van der Waals surface area contributed by atoms with E-state index >= 15 is 0 Å². The molecule has 1 N–H and O–H groups in total. The van der Waals surface area contributed by atoms with Crippen LogP contribution in [-0.2, 0) is 4.74 Å². The maximum absolute atomic E-state index is 13.1. The number of aliphatic hydroxyl groups excluding tert-OH is 1. The van der Waals surface area contributed by atoms with Crippen molar-refractivity contribution in [1.82, 2.24) is 9.80 Å². The molecule has 2 fully saturated rings. The van der Waals surface area contributed by atoms with Crippen molar-refractivity contribution in [3.8, 4) is 0 Å². The van der Waals surface area contributed by atoms with Crippen LogP contribution in [0.4, 0.5) is 4.39 Å². The van der Waals surface area contributed by atoms with Gasteiger partial charge in [-0.2, -0.15) is 0 Å². The Morgan fingerprint density at radius 3 is 2.50 bits per heavy atom. The quantitative estimate of drug-likeness (QED) is 0.896. The highest BCUT2D eigenvalue weighted by Crippen LogP contribution is 2.32. The van der Waals surface area contributed by atoms with Gasteiger partial charge in [0.05, 0.1) is 18.3 Å². The molecule has 4 atom stereocenters. The number of aliphatic hydroxyl groups is 1. The molecule has 0 amide bonds. The Hall–Kier alpha value is -1.01. The van der Waals surface area contributed by atoms with Crippen molar-refractivity contribution in [2.75, 3.05) is 32.7 Å². The van der Waals surface area contributed by atoms with E-state index in [-0.39, 0.29) is 24.1 Å². The number of benzene rings is 1. The van der Waals surface area contributed by atoms with Crippen molar-refractivity contribution in [3.05, 3.63) is 35.6 Å². The SMILES string of the molecule is CC1CN(CC(O)CN2CCCC2c2ccc(F)cc2)CC(C)O1. The molecule has 0 spiro atoms. The van der Waals surface area contributed by atoms with Crippen LogP contribution in [0, 0.1) is 5.82 Å². The van der Waals surface area contributed by atoms with E-state index in [1.165, 1.54) is 12.1 Å². The third-order valence-corrected chi connectivity index (χ3v) is 5.03. The third-order valence-electron chi connectivity index (χ3n) is 5.03. The van der Waals surface area contributed by atoms with Crippen molar-refractivity contribution in [1.29, 1.82) is 0 Å². The first-order chi connectivity index (χ1) is 11.5. The maximum Gasteiger partial charge on any atom is 0.123 e. The lowest BCUT2D eigenvalue weighted by Crippen LogP contribution is -2.49. The molecule has 134 valence electrons. The van der Waals surface area contributed by atoms with Gasteiger partial charge in [-0.3, -0.25) is 9.80 Å². The van der Waals surface area contributed by atoms with Gasteiger partial charge in [-0.1, -0.05) is 12.1 Å². The average Bonchev–Trinajstić information content (AvgIpc) is 2.94. The van der Waals surface area contributed by atoms with Crippen LogP contribution in [0.5, 0.6) is 0 Å². The van der Waals surface area contributed by atoms with Crippen LogP contribution in [-0.4, -0.2) is 65.9 Å². The van der Waals surface area contributed by atoms with Crippen molar-refractivity contribution >= 4 is 0 Å². The molecule has 2 heterocycles. The van der Waals surface area contributed by atoms with Gasteiger partial charge in [0, 0.05) is 32.2 Å². The maximum atomic E-state index is 13.1. The fourth-order valence-corrected chi connectivity index (χ4v) is 4.17. The Labute approximate surface area is 144 Å². The van der Waals surface area contributed by atoms with E-state index < -0.39 is 0 Å². The highest BCUT2D eigenvalue weighted by molar-refractivity contribution is 5.21. The molecule has 1 aromatic carbocycles. The van der Waals surface area contributed by atoms with Gasteiger partial charge in [-0.05, 0) is 50.9 Å². The lowest BCUT2D eigenvalue weighted by molar-refractivity contribution is -0.0782. The zero-order valence-corrected chi connectivity index (χ0v) is 14.7. The lowest BCUT2D eigenvalue weighted by atomic mass is 10.0. The third kappa shape index (κ3) is 4.54. The summed E-state index contributed by atoms with van der Waals surface area (Å²) in [5.41, 5.74) is 1.15. The summed E-state index contributed by atoms with van der Waals surface area (Å²) in [4.78, 5) is 4.64. The van der Waals surface area contributed by atoms with Crippen molar-refractivity contribution < 1.29 is 14.2 Å². The van der Waals surface area contributed by atoms with Crippen LogP contribution in [0.3, 0.4) is 0 Å². The molecule has 2 aliphatic rings. The summed E-state index contributed by atoms with van der Waals surface area (Å²) in [5, 5.41) is 10.6. The Morgan fingerprint density at radius 1 is 1.17 bits per heavy atom. The smallest absolute Gasteiger partial charge is 0.123 e. The summed E-state index contributed by atoms with van der Waals surface area (Å²) >= 11 is 0. The highest BCUT2D eigenvalue weighted by atomic mass is 19.1. The summed E-state index contributed by atoms with van der Waals surface area (Å²) in [6.45, 7) is 8.27. The van der Waals surface area contributed by atoms with Crippen molar-refractivity contribution in [2.45, 2.75) is 51.0 Å². The lowest BCUT2D eigenvalue weighted by Gasteiger charge is -2.37.